The highest BCUT2D eigenvalue weighted by Gasteiger charge is 2.25. The molecule has 0 aromatic heterocycles. The number of rotatable bonds is 5. The molecule has 0 unspecified atom stereocenters. The largest absolute Gasteiger partial charge is 0.533 e. The molecule has 0 aliphatic rings. The van der Waals surface area contributed by atoms with Crippen LogP contribution < -0.4 is 0 Å². The summed E-state index contributed by atoms with van der Waals surface area (Å²) in [5.41, 5.74) is 0. The first kappa shape index (κ1) is 16.9. The first-order valence-electron chi connectivity index (χ1n) is 6.23. The molecule has 102 valence electrons. The van der Waals surface area contributed by atoms with Crippen LogP contribution in [0, 0.1) is 0 Å². The molecule has 0 aliphatic heterocycles. The van der Waals surface area contributed by atoms with Gasteiger partial charge in [0.15, 0.2) is 0 Å². The normalized spacial score (nSPS) is 14.8. The van der Waals surface area contributed by atoms with E-state index in [0.29, 0.717) is 0 Å². The fourth-order valence-electron chi connectivity index (χ4n) is 1.08. The first-order chi connectivity index (χ1) is 7.29. The maximum atomic E-state index is 6.03. The molecule has 0 bridgehead atoms. The molecule has 0 atom stereocenters. The smallest absolute Gasteiger partial charge is 0.278 e. The summed E-state index contributed by atoms with van der Waals surface area (Å²) in [6, 6.07) is 0.960. The van der Waals surface area contributed by atoms with Crippen molar-refractivity contribution in [3.05, 3.63) is 0 Å². The van der Waals surface area contributed by atoms with Crippen LogP contribution >= 0.6 is 0 Å². The summed E-state index contributed by atoms with van der Waals surface area (Å²) < 4.78 is 11.7. The average Bonchev–Trinajstić information content (AvgIpc) is 1.92. The molecule has 0 rings (SSSR count). The second kappa shape index (κ2) is 5.71. The minimum atomic E-state index is -1.61. The van der Waals surface area contributed by atoms with Gasteiger partial charge in [0, 0.05) is 6.04 Å². The minimum absolute atomic E-state index is 0.825. The zero-order valence-corrected chi connectivity index (χ0v) is 16.0. The van der Waals surface area contributed by atoms with Crippen LogP contribution in [-0.2, 0) is 8.95 Å². The van der Waals surface area contributed by atoms with E-state index in [9.17, 15) is 0 Å². The summed E-state index contributed by atoms with van der Waals surface area (Å²) in [5, 5.41) is 4.29. The van der Waals surface area contributed by atoms with Gasteiger partial charge in [0.05, 0.1) is 8.07 Å². The monoisotopic (exact) mass is 291 g/mol. The Labute approximate surface area is 110 Å². The van der Waals surface area contributed by atoms with Gasteiger partial charge in [-0.2, -0.15) is 0 Å². The minimum Gasteiger partial charge on any atom is -0.533 e. The zero-order chi connectivity index (χ0) is 13.9. The van der Waals surface area contributed by atoms with Crippen LogP contribution in [0.3, 0.4) is 0 Å². The van der Waals surface area contributed by atoms with E-state index < -0.39 is 24.7 Å². The molecule has 17 heavy (non-hydrogen) atoms. The fourth-order valence-corrected chi connectivity index (χ4v) is 3.46. The quantitative estimate of drug-likeness (QED) is 0.326. The molecule has 0 heterocycles. The van der Waals surface area contributed by atoms with E-state index in [2.05, 4.69) is 64.1 Å². The Morgan fingerprint density at radius 2 is 1.29 bits per heavy atom. The molecule has 0 aromatic carbocycles. The van der Waals surface area contributed by atoms with E-state index >= 15 is 0 Å². The van der Waals surface area contributed by atoms with E-state index in [4.69, 9.17) is 8.95 Å². The van der Waals surface area contributed by atoms with Crippen molar-refractivity contribution >= 4 is 30.6 Å². The number of hydrogen-bond acceptors (Lipinski definition) is 3. The lowest BCUT2D eigenvalue weighted by atomic mass is 10.8. The van der Waals surface area contributed by atoms with E-state index in [0.717, 1.165) is 11.9 Å². The predicted molar refractivity (Wildman–Crippen MR) is 84.5 cm³/mol. The van der Waals surface area contributed by atoms with Crippen molar-refractivity contribution in [3.63, 3.8) is 0 Å². The molecule has 0 N–H and O–H groups in total. The molecule has 0 fully saturated rings. The Balaban J connectivity index is 4.74. The molecule has 0 spiro atoms. The van der Waals surface area contributed by atoms with Gasteiger partial charge in [-0.1, -0.05) is 24.8 Å². The van der Waals surface area contributed by atoms with Gasteiger partial charge in [-0.05, 0) is 39.3 Å². The highest BCUT2D eigenvalue weighted by atomic mass is 28.4. The van der Waals surface area contributed by atoms with Gasteiger partial charge in [-0.25, -0.2) is 0 Å². The lowest BCUT2D eigenvalue weighted by Crippen LogP contribution is -2.35. The highest BCUT2D eigenvalue weighted by molar-refractivity contribution is 6.79. The Hall–Kier alpha value is -0.0794. The Kier molecular flexibility index (Phi) is 5.68. The summed E-state index contributed by atoms with van der Waals surface area (Å²) >= 11 is 0. The lowest BCUT2D eigenvalue weighted by Gasteiger charge is -2.25. The fraction of sp³-hybridized carbons (Fsp3) is 0.909. The SMILES string of the molecule is C[Si](C)(C)C/C(=N\O[Si](C)(C)C)O[Si](C)(C)C. The molecule has 0 saturated heterocycles. The van der Waals surface area contributed by atoms with Gasteiger partial charge < -0.3 is 8.95 Å². The van der Waals surface area contributed by atoms with Gasteiger partial charge >= 0.3 is 0 Å². The van der Waals surface area contributed by atoms with Crippen LogP contribution in [0.1, 0.15) is 0 Å². The topological polar surface area (TPSA) is 30.8 Å². The summed E-state index contributed by atoms with van der Waals surface area (Å²) in [6.07, 6.45) is 0. The van der Waals surface area contributed by atoms with Crippen LogP contribution in [-0.4, -0.2) is 30.6 Å². The second-order valence-electron chi connectivity index (χ2n) is 7.64. The number of oxime groups is 1. The van der Waals surface area contributed by atoms with E-state index in [1.165, 1.54) is 0 Å². The van der Waals surface area contributed by atoms with Gasteiger partial charge in [0.2, 0.25) is 14.2 Å². The average molecular weight is 292 g/mol. The van der Waals surface area contributed by atoms with Crippen LogP contribution in [0.25, 0.3) is 0 Å². The highest BCUT2D eigenvalue weighted by Crippen LogP contribution is 2.15. The molecular formula is C11H29NO2Si3. The van der Waals surface area contributed by atoms with E-state index in [-0.39, 0.29) is 0 Å². The Morgan fingerprint density at radius 1 is 0.824 bits per heavy atom. The van der Waals surface area contributed by atoms with Crippen molar-refractivity contribution in [1.29, 1.82) is 0 Å². The molecule has 3 nitrogen and oxygen atoms in total. The van der Waals surface area contributed by atoms with Crippen molar-refractivity contribution in [2.24, 2.45) is 5.16 Å². The molecule has 0 radical (unpaired) electrons. The van der Waals surface area contributed by atoms with Gasteiger partial charge in [0.1, 0.15) is 0 Å². The molecule has 0 aromatic rings. The summed E-state index contributed by atoms with van der Waals surface area (Å²) in [6.45, 7) is 19.9. The molecule has 0 amide bonds. The zero-order valence-electron chi connectivity index (χ0n) is 13.0. The summed E-state index contributed by atoms with van der Waals surface area (Å²) in [4.78, 5) is 0. The maximum Gasteiger partial charge on any atom is 0.278 e. The van der Waals surface area contributed by atoms with Gasteiger partial charge in [-0.3, -0.25) is 0 Å². The van der Waals surface area contributed by atoms with Crippen molar-refractivity contribution in [2.45, 2.75) is 65.0 Å². The van der Waals surface area contributed by atoms with Crippen LogP contribution in [0.5, 0.6) is 0 Å². The lowest BCUT2D eigenvalue weighted by molar-refractivity contribution is 0.318. The third-order valence-electron chi connectivity index (χ3n) is 1.53. The van der Waals surface area contributed by atoms with Crippen LogP contribution in [0.4, 0.5) is 0 Å². The molecular weight excluding hydrogens is 262 g/mol. The molecule has 0 aliphatic carbocycles. The second-order valence-corrected chi connectivity index (χ2v) is 22.0. The van der Waals surface area contributed by atoms with Crippen molar-refractivity contribution < 1.29 is 8.95 Å². The maximum absolute atomic E-state index is 6.03. The molecule has 6 heteroatoms. The first-order valence-corrected chi connectivity index (χ1v) is 16.7. The number of hydrogen-bond donors (Lipinski definition) is 0. The molecule has 0 saturated carbocycles. The third kappa shape index (κ3) is 12.2. The standard InChI is InChI=1S/C11H29NO2Si3/c1-15(2,3)10-11(13-16(4,5)6)12-14-17(7,8)9/h10H2,1-9H3/b12-11+. The van der Waals surface area contributed by atoms with Crippen molar-refractivity contribution in [3.8, 4) is 0 Å². The van der Waals surface area contributed by atoms with Crippen molar-refractivity contribution in [1.82, 2.24) is 0 Å². The summed E-state index contributed by atoms with van der Waals surface area (Å²) in [7, 11) is -4.41. The van der Waals surface area contributed by atoms with E-state index in [1.807, 2.05) is 0 Å². The predicted octanol–water partition coefficient (Wildman–Crippen LogP) is 4.34. The van der Waals surface area contributed by atoms with E-state index in [1.54, 1.807) is 0 Å². The Morgan fingerprint density at radius 3 is 1.59 bits per heavy atom. The van der Waals surface area contributed by atoms with Gasteiger partial charge in [0.25, 0.3) is 8.32 Å². The van der Waals surface area contributed by atoms with Crippen LogP contribution in [0.2, 0.25) is 65.0 Å². The summed E-state index contributed by atoms with van der Waals surface area (Å²) in [5.74, 6) is 0.825. The number of nitrogens with zero attached hydrogens (tertiary/aromatic N) is 1. The van der Waals surface area contributed by atoms with Crippen molar-refractivity contribution in [2.75, 3.05) is 0 Å². The van der Waals surface area contributed by atoms with Crippen LogP contribution in [0.15, 0.2) is 5.16 Å². The third-order valence-corrected chi connectivity index (χ3v) is 4.38. The Bertz CT molecular complexity index is 254. The van der Waals surface area contributed by atoms with Gasteiger partial charge in [-0.15, -0.1) is 0 Å².